The standard InChI is InChI=1S/C11H14N4O2S/c1-8-9(6-12)11(18-13-8)15-4-2-14(3-5-15)10(17)7-16/h16H,2-5,7H2,1H3. The number of amides is 1. The second-order valence-corrected chi connectivity index (χ2v) is 4.84. The SMILES string of the molecule is Cc1nsc(N2CCN(C(=O)CO)CC2)c1C#N. The summed E-state index contributed by atoms with van der Waals surface area (Å²) in [6, 6.07) is 2.17. The van der Waals surface area contributed by atoms with Crippen LogP contribution in [0.3, 0.4) is 0 Å². The molecule has 6 nitrogen and oxygen atoms in total. The van der Waals surface area contributed by atoms with Gasteiger partial charge in [-0.25, -0.2) is 0 Å². The van der Waals surface area contributed by atoms with Crippen molar-refractivity contribution in [3.8, 4) is 6.07 Å². The highest BCUT2D eigenvalue weighted by Crippen LogP contribution is 2.28. The number of hydrogen-bond acceptors (Lipinski definition) is 6. The van der Waals surface area contributed by atoms with E-state index in [1.807, 2.05) is 6.92 Å². The molecule has 1 aromatic heterocycles. The summed E-state index contributed by atoms with van der Waals surface area (Å²) in [5, 5.41) is 18.8. The molecule has 18 heavy (non-hydrogen) atoms. The van der Waals surface area contributed by atoms with Gasteiger partial charge in [0, 0.05) is 26.2 Å². The Labute approximate surface area is 109 Å². The third-order valence-corrected chi connectivity index (χ3v) is 4.01. The number of aryl methyl sites for hydroxylation is 1. The highest BCUT2D eigenvalue weighted by Gasteiger charge is 2.24. The first kappa shape index (κ1) is 12.8. The number of carbonyl (C=O) groups is 1. The van der Waals surface area contributed by atoms with Crippen LogP contribution in [0.25, 0.3) is 0 Å². The predicted octanol–water partition coefficient (Wildman–Crippen LogP) is -0.0359. The van der Waals surface area contributed by atoms with Crippen LogP contribution in [0.15, 0.2) is 0 Å². The summed E-state index contributed by atoms with van der Waals surface area (Å²) in [5.74, 6) is -0.240. The van der Waals surface area contributed by atoms with Crippen LogP contribution in [-0.4, -0.2) is 53.1 Å². The van der Waals surface area contributed by atoms with Gasteiger partial charge in [0.2, 0.25) is 5.91 Å². The number of rotatable bonds is 2. The van der Waals surface area contributed by atoms with Gasteiger partial charge in [-0.2, -0.15) is 9.64 Å². The molecule has 2 rings (SSSR count). The lowest BCUT2D eigenvalue weighted by atomic mass is 10.2. The van der Waals surface area contributed by atoms with Crippen molar-refractivity contribution in [1.29, 1.82) is 5.26 Å². The Morgan fingerprint density at radius 2 is 2.17 bits per heavy atom. The zero-order chi connectivity index (χ0) is 13.1. The molecule has 0 unspecified atom stereocenters. The number of aromatic nitrogens is 1. The first-order valence-corrected chi connectivity index (χ1v) is 6.44. The van der Waals surface area contributed by atoms with Gasteiger partial charge in [0.25, 0.3) is 0 Å². The molecular formula is C11H14N4O2S. The summed E-state index contributed by atoms with van der Waals surface area (Å²) in [7, 11) is 0. The lowest BCUT2D eigenvalue weighted by Crippen LogP contribution is -2.49. The van der Waals surface area contributed by atoms with Crippen LogP contribution in [0.5, 0.6) is 0 Å². The normalized spacial score (nSPS) is 15.6. The van der Waals surface area contributed by atoms with Gasteiger partial charge in [0.05, 0.1) is 5.69 Å². The van der Waals surface area contributed by atoms with Gasteiger partial charge in [0.15, 0.2) is 0 Å². The van der Waals surface area contributed by atoms with Crippen LogP contribution in [0.1, 0.15) is 11.3 Å². The number of carbonyl (C=O) groups excluding carboxylic acids is 1. The van der Waals surface area contributed by atoms with E-state index in [2.05, 4.69) is 15.3 Å². The molecule has 1 N–H and O–H groups in total. The van der Waals surface area contributed by atoms with Crippen molar-refractivity contribution in [1.82, 2.24) is 9.27 Å². The topological polar surface area (TPSA) is 80.5 Å². The Hall–Kier alpha value is -1.65. The molecule has 0 aliphatic carbocycles. The van der Waals surface area contributed by atoms with Crippen molar-refractivity contribution < 1.29 is 9.90 Å². The minimum absolute atomic E-state index is 0.240. The third kappa shape index (κ3) is 2.30. The zero-order valence-corrected chi connectivity index (χ0v) is 10.9. The van der Waals surface area contributed by atoms with E-state index >= 15 is 0 Å². The fraction of sp³-hybridized carbons (Fsp3) is 0.545. The predicted molar refractivity (Wildman–Crippen MR) is 67.4 cm³/mol. The number of nitriles is 1. The summed E-state index contributed by atoms with van der Waals surface area (Å²) in [6.45, 7) is 3.86. The molecule has 0 saturated carbocycles. The van der Waals surface area contributed by atoms with E-state index < -0.39 is 6.61 Å². The minimum Gasteiger partial charge on any atom is -0.387 e. The number of anilines is 1. The van der Waals surface area contributed by atoms with Crippen molar-refractivity contribution in [2.24, 2.45) is 0 Å². The first-order chi connectivity index (χ1) is 8.67. The van der Waals surface area contributed by atoms with Gasteiger partial charge in [-0.15, -0.1) is 0 Å². The van der Waals surface area contributed by atoms with Crippen LogP contribution in [0, 0.1) is 18.3 Å². The number of hydrogen-bond donors (Lipinski definition) is 1. The average molecular weight is 266 g/mol. The Bertz CT molecular complexity index is 486. The maximum Gasteiger partial charge on any atom is 0.248 e. The molecule has 0 spiro atoms. The quantitative estimate of drug-likeness (QED) is 0.812. The number of aliphatic hydroxyl groups is 1. The molecule has 0 bridgehead atoms. The Morgan fingerprint density at radius 3 is 2.72 bits per heavy atom. The lowest BCUT2D eigenvalue weighted by Gasteiger charge is -2.34. The monoisotopic (exact) mass is 266 g/mol. The summed E-state index contributed by atoms with van der Waals surface area (Å²) in [4.78, 5) is 15.0. The molecule has 1 fully saturated rings. The van der Waals surface area contributed by atoms with Gasteiger partial charge in [-0.3, -0.25) is 4.79 Å². The third-order valence-electron chi connectivity index (χ3n) is 3.01. The van der Waals surface area contributed by atoms with Crippen molar-refractivity contribution in [2.75, 3.05) is 37.7 Å². The summed E-state index contributed by atoms with van der Waals surface area (Å²) < 4.78 is 4.19. The van der Waals surface area contributed by atoms with Crippen LogP contribution < -0.4 is 4.90 Å². The van der Waals surface area contributed by atoms with Gasteiger partial charge in [0.1, 0.15) is 23.2 Å². The summed E-state index contributed by atoms with van der Waals surface area (Å²) in [5.41, 5.74) is 1.38. The van der Waals surface area contributed by atoms with Crippen molar-refractivity contribution in [3.63, 3.8) is 0 Å². The Kier molecular flexibility index (Phi) is 3.79. The van der Waals surface area contributed by atoms with E-state index in [-0.39, 0.29) is 5.91 Å². The molecular weight excluding hydrogens is 252 g/mol. The average Bonchev–Trinajstić information content (AvgIpc) is 2.79. The molecule has 1 amide bonds. The number of aliphatic hydroxyl groups excluding tert-OH is 1. The van der Waals surface area contributed by atoms with E-state index in [1.165, 1.54) is 11.5 Å². The van der Waals surface area contributed by atoms with E-state index in [4.69, 9.17) is 10.4 Å². The number of nitrogens with zero attached hydrogens (tertiary/aromatic N) is 4. The molecule has 1 aliphatic rings. The summed E-state index contributed by atoms with van der Waals surface area (Å²) >= 11 is 1.32. The fourth-order valence-corrected chi connectivity index (χ4v) is 2.86. The second kappa shape index (κ2) is 5.33. The van der Waals surface area contributed by atoms with E-state index in [9.17, 15) is 4.79 Å². The first-order valence-electron chi connectivity index (χ1n) is 5.67. The lowest BCUT2D eigenvalue weighted by molar-refractivity contribution is -0.134. The second-order valence-electron chi connectivity index (χ2n) is 4.09. The van der Waals surface area contributed by atoms with Crippen molar-refractivity contribution >= 4 is 22.4 Å². The highest BCUT2D eigenvalue weighted by molar-refractivity contribution is 7.10. The van der Waals surface area contributed by atoms with E-state index in [0.29, 0.717) is 31.7 Å². The largest absolute Gasteiger partial charge is 0.387 e. The van der Waals surface area contributed by atoms with Crippen LogP contribution in [0.2, 0.25) is 0 Å². The molecule has 0 aromatic carbocycles. The fourth-order valence-electron chi connectivity index (χ4n) is 1.96. The smallest absolute Gasteiger partial charge is 0.248 e. The van der Waals surface area contributed by atoms with Gasteiger partial charge in [-0.05, 0) is 18.5 Å². The van der Waals surface area contributed by atoms with E-state index in [0.717, 1.165) is 10.7 Å². The molecule has 0 radical (unpaired) electrons. The van der Waals surface area contributed by atoms with Crippen LogP contribution in [-0.2, 0) is 4.79 Å². The Balaban J connectivity index is 2.06. The Morgan fingerprint density at radius 1 is 1.50 bits per heavy atom. The van der Waals surface area contributed by atoms with E-state index in [1.54, 1.807) is 4.90 Å². The molecule has 1 aromatic rings. The molecule has 1 saturated heterocycles. The number of piperazine rings is 1. The molecule has 96 valence electrons. The van der Waals surface area contributed by atoms with Gasteiger partial charge < -0.3 is 14.9 Å². The zero-order valence-electron chi connectivity index (χ0n) is 10.1. The van der Waals surface area contributed by atoms with Crippen molar-refractivity contribution in [2.45, 2.75) is 6.92 Å². The van der Waals surface area contributed by atoms with Crippen LogP contribution >= 0.6 is 11.5 Å². The molecule has 2 heterocycles. The molecule has 7 heteroatoms. The maximum absolute atomic E-state index is 11.3. The van der Waals surface area contributed by atoms with Gasteiger partial charge in [-0.1, -0.05) is 0 Å². The molecule has 1 aliphatic heterocycles. The highest BCUT2D eigenvalue weighted by atomic mass is 32.1. The van der Waals surface area contributed by atoms with Crippen molar-refractivity contribution in [3.05, 3.63) is 11.3 Å². The minimum atomic E-state index is -0.441. The maximum atomic E-state index is 11.3. The van der Waals surface area contributed by atoms with Crippen LogP contribution in [0.4, 0.5) is 5.00 Å². The molecule has 0 atom stereocenters. The summed E-state index contributed by atoms with van der Waals surface area (Å²) in [6.07, 6.45) is 0. The van der Waals surface area contributed by atoms with Gasteiger partial charge >= 0.3 is 0 Å².